The van der Waals surface area contributed by atoms with Crippen molar-refractivity contribution in [1.29, 1.82) is 0 Å². The van der Waals surface area contributed by atoms with E-state index in [1.165, 1.54) is 6.07 Å². The van der Waals surface area contributed by atoms with Crippen LogP contribution in [-0.2, 0) is 20.1 Å². The Morgan fingerprint density at radius 1 is 0.741 bits per heavy atom. The van der Waals surface area contributed by atoms with Crippen LogP contribution in [0.1, 0.15) is 61.7 Å². The summed E-state index contributed by atoms with van der Waals surface area (Å²) in [7, 11) is -1.75. The summed E-state index contributed by atoms with van der Waals surface area (Å²) >= 11 is 0. The van der Waals surface area contributed by atoms with E-state index in [1.807, 2.05) is 124 Å². The molecule has 273 valence electrons. The monoisotopic (exact) mass is 905 g/mol. The van der Waals surface area contributed by atoms with Gasteiger partial charge in [-0.15, -0.1) is 53.6 Å². The molecule has 0 N–H and O–H groups in total. The minimum absolute atomic E-state index is 0. The Balaban J connectivity index is 0.000000195. The quantitative estimate of drug-likeness (QED) is 0.118. The van der Waals surface area contributed by atoms with Crippen LogP contribution in [0, 0.1) is 19.0 Å². The second-order valence-electron chi connectivity index (χ2n) is 14.4. The molecule has 0 spiro atoms. The summed E-state index contributed by atoms with van der Waals surface area (Å²) in [6.45, 7) is 10.3. The van der Waals surface area contributed by atoms with E-state index in [1.54, 1.807) is 18.3 Å². The predicted molar refractivity (Wildman–Crippen MR) is 223 cm³/mol. The van der Waals surface area contributed by atoms with Gasteiger partial charge in [0.1, 0.15) is 0 Å². The molecule has 54 heavy (non-hydrogen) atoms. The van der Waals surface area contributed by atoms with E-state index in [2.05, 4.69) is 47.8 Å². The third-order valence-electron chi connectivity index (χ3n) is 9.37. The first kappa shape index (κ1) is 32.4. The Kier molecular flexibility index (Phi) is 9.95. The number of aryl methyl sites for hydroxylation is 1. The number of aromatic nitrogens is 3. The van der Waals surface area contributed by atoms with Crippen LogP contribution < -0.4 is 5.19 Å². The molecule has 0 aliphatic carbocycles. The molecule has 0 saturated carbocycles. The van der Waals surface area contributed by atoms with Crippen molar-refractivity contribution in [1.82, 2.24) is 15.0 Å². The first-order valence-electron chi connectivity index (χ1n) is 20.3. The largest absolute Gasteiger partial charge is 0.486 e. The molecular weight excluding hydrogens is 855 g/mol. The Morgan fingerprint density at radius 2 is 1.50 bits per heavy atom. The van der Waals surface area contributed by atoms with Gasteiger partial charge in [0, 0.05) is 56.2 Å². The standard InChI is InChI=1S/C25H19N2O.C23H26NSi.Ir/c1-16(2)18-13-14-26-23(15-18)21-10-6-9-19-20-11-12-22(17-7-4-3-5-8-17)27-25(20)28-24(19)21;1-17-11-13-20(14-12-17)22-15-21(23(16-24-22)25(3,4)5)18(2)19-9-7-6-8-10-19;/h3-9,11-16H,1-2H3;6-13,15-16,18H,1-5H3;/q2*-1;/i16D;1D3,18D;. The third kappa shape index (κ3) is 8.37. The van der Waals surface area contributed by atoms with Gasteiger partial charge in [0.25, 0.3) is 0 Å². The number of nitrogens with zero attached hydrogens (tertiary/aromatic N) is 3. The number of pyridine rings is 3. The second-order valence-corrected chi connectivity index (χ2v) is 19.4. The maximum absolute atomic E-state index is 9.21. The number of rotatable bonds is 7. The van der Waals surface area contributed by atoms with Gasteiger partial charge in [-0.3, -0.25) is 0 Å². The Morgan fingerprint density at radius 3 is 2.19 bits per heavy atom. The summed E-state index contributed by atoms with van der Waals surface area (Å²) in [6, 6.07) is 44.8. The maximum atomic E-state index is 9.21. The van der Waals surface area contributed by atoms with Gasteiger partial charge < -0.3 is 14.4 Å². The molecule has 0 amide bonds. The molecule has 4 aromatic heterocycles. The molecule has 8 aromatic rings. The predicted octanol–water partition coefficient (Wildman–Crippen LogP) is 12.2. The summed E-state index contributed by atoms with van der Waals surface area (Å²) in [4.78, 5) is 13.9. The summed E-state index contributed by atoms with van der Waals surface area (Å²) < 4.78 is 46.3. The van der Waals surface area contributed by atoms with Gasteiger partial charge in [0.2, 0.25) is 5.71 Å². The Labute approximate surface area is 341 Å². The van der Waals surface area contributed by atoms with Gasteiger partial charge in [-0.25, -0.2) is 4.98 Å². The molecular formula is C48H45IrN3OSi-2. The molecule has 4 nitrogen and oxygen atoms in total. The van der Waals surface area contributed by atoms with Crippen molar-refractivity contribution in [3.05, 3.63) is 168 Å². The number of furan rings is 1. The number of fused-ring (bicyclic) bond motifs is 3. The summed E-state index contributed by atoms with van der Waals surface area (Å²) in [5.74, 6) is -1.63. The van der Waals surface area contributed by atoms with Gasteiger partial charge >= 0.3 is 0 Å². The van der Waals surface area contributed by atoms with Crippen molar-refractivity contribution in [2.45, 2.75) is 59.1 Å². The molecule has 0 saturated heterocycles. The van der Waals surface area contributed by atoms with E-state index in [9.17, 15) is 1.37 Å². The van der Waals surface area contributed by atoms with Gasteiger partial charge in [0.05, 0.1) is 19.4 Å². The number of hydrogen-bond donors (Lipinski definition) is 0. The van der Waals surface area contributed by atoms with Gasteiger partial charge in [-0.2, -0.15) is 0 Å². The SMILES string of the molecule is [2H]C(C)(C)c1ccnc(-c2[c-]ccc3c2oc2nc(-c4ccccc4)ccc23)c1.[2H]C([2H])([2H])c1c[c-]c(-c2cc(C([2H])(C)c3ccccc3)c([Si](C)(C)C)cn2)cc1.[Ir]. The van der Waals surface area contributed by atoms with Crippen molar-refractivity contribution in [2.24, 2.45) is 0 Å². The molecule has 1 atom stereocenters. The van der Waals surface area contributed by atoms with Crippen LogP contribution in [0.4, 0.5) is 0 Å². The first-order chi connectivity index (χ1) is 27.4. The molecule has 0 bridgehead atoms. The molecule has 4 aromatic carbocycles. The first-order valence-corrected chi connectivity index (χ1v) is 21.3. The van der Waals surface area contributed by atoms with E-state index in [0.717, 1.165) is 60.7 Å². The number of benzene rings is 4. The normalized spacial score (nSPS) is 14.3. The van der Waals surface area contributed by atoms with E-state index < -0.39 is 26.7 Å². The zero-order valence-corrected chi connectivity index (χ0v) is 34.7. The number of hydrogen-bond acceptors (Lipinski definition) is 4. The molecule has 8 rings (SSSR count). The third-order valence-corrected chi connectivity index (χ3v) is 11.4. The molecule has 0 fully saturated rings. The maximum Gasteiger partial charge on any atom is 0.216 e. The molecule has 1 radical (unpaired) electrons. The van der Waals surface area contributed by atoms with Crippen LogP contribution in [0.25, 0.3) is 55.8 Å². The fraction of sp³-hybridized carbons (Fsp3) is 0.188. The van der Waals surface area contributed by atoms with Crippen LogP contribution in [0.5, 0.6) is 0 Å². The van der Waals surface area contributed by atoms with E-state index >= 15 is 0 Å². The van der Waals surface area contributed by atoms with Crippen LogP contribution in [0.2, 0.25) is 19.6 Å². The van der Waals surface area contributed by atoms with Gasteiger partial charge in [0.15, 0.2) is 0 Å². The minimum Gasteiger partial charge on any atom is -0.486 e. The average molecular weight is 905 g/mol. The fourth-order valence-corrected chi connectivity index (χ4v) is 7.92. The summed E-state index contributed by atoms with van der Waals surface area (Å²) in [5.41, 5.74) is 9.23. The van der Waals surface area contributed by atoms with Crippen molar-refractivity contribution in [3.63, 3.8) is 0 Å². The summed E-state index contributed by atoms with van der Waals surface area (Å²) in [6.07, 6.45) is 3.64. The molecule has 1 unspecified atom stereocenters. The minimum atomic E-state index is -2.15. The zero-order chi connectivity index (χ0) is 41.5. The van der Waals surface area contributed by atoms with Crippen LogP contribution in [-0.4, -0.2) is 23.0 Å². The molecule has 0 aliphatic rings. The van der Waals surface area contributed by atoms with E-state index in [0.29, 0.717) is 17.0 Å². The van der Waals surface area contributed by atoms with Gasteiger partial charge in [-0.05, 0) is 51.8 Å². The Bertz CT molecular complexity index is 2710. The van der Waals surface area contributed by atoms with Crippen molar-refractivity contribution < 1.29 is 31.4 Å². The van der Waals surface area contributed by atoms with Crippen molar-refractivity contribution >= 4 is 35.3 Å². The van der Waals surface area contributed by atoms with Gasteiger partial charge in [-0.1, -0.05) is 137 Å². The fourth-order valence-electron chi connectivity index (χ4n) is 6.40. The Hall–Kier alpha value is -5.00. The van der Waals surface area contributed by atoms with Crippen LogP contribution in [0.15, 0.2) is 138 Å². The smallest absolute Gasteiger partial charge is 0.216 e. The molecule has 4 heterocycles. The summed E-state index contributed by atoms with van der Waals surface area (Å²) in [5, 5.41) is 3.10. The van der Waals surface area contributed by atoms with Crippen molar-refractivity contribution in [3.8, 4) is 33.8 Å². The van der Waals surface area contributed by atoms with E-state index in [4.69, 9.17) is 14.9 Å². The average Bonchev–Trinajstić information content (AvgIpc) is 3.59. The van der Waals surface area contributed by atoms with Crippen LogP contribution in [0.3, 0.4) is 0 Å². The van der Waals surface area contributed by atoms with Crippen LogP contribution >= 0.6 is 0 Å². The zero-order valence-electron chi connectivity index (χ0n) is 36.3. The second kappa shape index (κ2) is 16.6. The van der Waals surface area contributed by atoms with E-state index in [-0.39, 0.29) is 25.7 Å². The topological polar surface area (TPSA) is 51.8 Å². The molecule has 0 aliphatic heterocycles. The molecule has 6 heteroatoms. The van der Waals surface area contributed by atoms with Crippen molar-refractivity contribution in [2.75, 3.05) is 0 Å².